The van der Waals surface area contributed by atoms with Gasteiger partial charge in [0.15, 0.2) is 22.9 Å². The summed E-state index contributed by atoms with van der Waals surface area (Å²) < 4.78 is 15.8. The van der Waals surface area contributed by atoms with Gasteiger partial charge in [-0.2, -0.15) is 0 Å². The molecule has 1 unspecified atom stereocenters. The molecule has 7 heteroatoms. The number of fused-ring (bicyclic) bond motifs is 1. The highest BCUT2D eigenvalue weighted by atomic mass is 16.5. The molecule has 1 aliphatic heterocycles. The van der Waals surface area contributed by atoms with Gasteiger partial charge in [0, 0.05) is 17.7 Å². The second-order valence-electron chi connectivity index (χ2n) is 6.44. The van der Waals surface area contributed by atoms with Gasteiger partial charge in [-0.1, -0.05) is 18.2 Å². The normalized spacial score (nSPS) is 18.0. The summed E-state index contributed by atoms with van der Waals surface area (Å²) in [5, 5.41) is 11.2. The number of para-hydroxylation sites is 1. The van der Waals surface area contributed by atoms with Crippen molar-refractivity contribution in [1.29, 1.82) is 0 Å². The molecular formula is C21H23NO6. The number of rotatable bonds is 7. The van der Waals surface area contributed by atoms with Gasteiger partial charge >= 0.3 is 0 Å². The highest BCUT2D eigenvalue weighted by Crippen LogP contribution is 2.44. The second-order valence-corrected chi connectivity index (χ2v) is 6.44. The number of Topliss-reactive ketones (excluding diaryl/α,β-unsaturated/α-hetero) is 1. The molecule has 28 heavy (non-hydrogen) atoms. The molecule has 0 radical (unpaired) electrons. The molecule has 0 saturated carbocycles. The van der Waals surface area contributed by atoms with E-state index in [1.807, 2.05) is 6.92 Å². The van der Waals surface area contributed by atoms with Crippen molar-refractivity contribution in [3.8, 4) is 17.2 Å². The average Bonchev–Trinajstić information content (AvgIpc) is 2.93. The van der Waals surface area contributed by atoms with Gasteiger partial charge in [-0.15, -0.1) is 0 Å². The number of likely N-dealkylation sites (N-methyl/N-ethyl adjacent to an activating group) is 1. The monoisotopic (exact) mass is 385 g/mol. The van der Waals surface area contributed by atoms with E-state index in [0.29, 0.717) is 35.0 Å². The Kier molecular flexibility index (Phi) is 5.29. The van der Waals surface area contributed by atoms with Gasteiger partial charge in [0.25, 0.3) is 5.91 Å². The lowest BCUT2D eigenvalue weighted by molar-refractivity contribution is -0.135. The van der Waals surface area contributed by atoms with Gasteiger partial charge in [-0.25, -0.2) is 0 Å². The highest BCUT2D eigenvalue weighted by molar-refractivity contribution is 6.10. The van der Waals surface area contributed by atoms with Crippen molar-refractivity contribution in [3.63, 3.8) is 0 Å². The largest absolute Gasteiger partial charge is 0.493 e. The zero-order valence-corrected chi connectivity index (χ0v) is 16.3. The predicted octanol–water partition coefficient (Wildman–Crippen LogP) is 2.54. The summed E-state index contributed by atoms with van der Waals surface area (Å²) in [7, 11) is 4.38. The number of aliphatic hydroxyl groups is 1. The van der Waals surface area contributed by atoms with Gasteiger partial charge in [0.2, 0.25) is 5.75 Å². The van der Waals surface area contributed by atoms with Crippen LogP contribution in [-0.2, 0) is 10.4 Å². The van der Waals surface area contributed by atoms with Crippen molar-refractivity contribution < 1.29 is 28.9 Å². The molecule has 0 saturated heterocycles. The van der Waals surface area contributed by atoms with Gasteiger partial charge < -0.3 is 24.2 Å². The third-order valence-corrected chi connectivity index (χ3v) is 4.96. The van der Waals surface area contributed by atoms with Crippen LogP contribution in [0.1, 0.15) is 29.3 Å². The van der Waals surface area contributed by atoms with Crippen LogP contribution in [0.5, 0.6) is 17.2 Å². The number of ether oxygens (including phenoxy) is 3. The van der Waals surface area contributed by atoms with E-state index in [0.717, 1.165) is 0 Å². The molecule has 0 aliphatic carbocycles. The lowest BCUT2D eigenvalue weighted by Gasteiger charge is -2.22. The van der Waals surface area contributed by atoms with Gasteiger partial charge in [0.1, 0.15) is 0 Å². The minimum atomic E-state index is -1.91. The molecule has 0 bridgehead atoms. The molecule has 0 fully saturated rings. The summed E-state index contributed by atoms with van der Waals surface area (Å²) in [6.07, 6.45) is -0.391. The van der Waals surface area contributed by atoms with Crippen LogP contribution in [0.15, 0.2) is 36.4 Å². The van der Waals surface area contributed by atoms with Crippen molar-refractivity contribution in [2.24, 2.45) is 0 Å². The zero-order chi connectivity index (χ0) is 20.5. The lowest BCUT2D eigenvalue weighted by Crippen LogP contribution is -2.41. The summed E-state index contributed by atoms with van der Waals surface area (Å²) in [5.74, 6) is 0.0932. The Bertz CT molecular complexity index is 900. The summed E-state index contributed by atoms with van der Waals surface area (Å²) in [4.78, 5) is 27.4. The van der Waals surface area contributed by atoms with Crippen LogP contribution >= 0.6 is 0 Å². The van der Waals surface area contributed by atoms with Crippen molar-refractivity contribution in [3.05, 3.63) is 47.5 Å². The van der Waals surface area contributed by atoms with E-state index in [1.54, 1.807) is 24.3 Å². The first kappa shape index (κ1) is 19.7. The number of ketones is 1. The van der Waals surface area contributed by atoms with E-state index >= 15 is 0 Å². The van der Waals surface area contributed by atoms with Crippen LogP contribution in [0.25, 0.3) is 0 Å². The molecule has 1 aliphatic rings. The van der Waals surface area contributed by atoms with Crippen LogP contribution < -0.4 is 19.1 Å². The topological polar surface area (TPSA) is 85.3 Å². The summed E-state index contributed by atoms with van der Waals surface area (Å²) in [5.41, 5.74) is -0.606. The number of nitrogens with zero attached hydrogens (tertiary/aromatic N) is 1. The number of methoxy groups -OCH3 is 3. The van der Waals surface area contributed by atoms with Crippen LogP contribution in [0.2, 0.25) is 0 Å². The number of carbonyl (C=O) groups is 2. The third kappa shape index (κ3) is 2.97. The van der Waals surface area contributed by atoms with Crippen LogP contribution in [-0.4, -0.2) is 44.7 Å². The van der Waals surface area contributed by atoms with Crippen LogP contribution in [0.4, 0.5) is 5.69 Å². The van der Waals surface area contributed by atoms with E-state index in [9.17, 15) is 14.7 Å². The molecule has 148 valence electrons. The molecular weight excluding hydrogens is 362 g/mol. The van der Waals surface area contributed by atoms with Crippen molar-refractivity contribution in [2.45, 2.75) is 18.9 Å². The first-order valence-corrected chi connectivity index (χ1v) is 8.88. The molecule has 1 heterocycles. The first-order chi connectivity index (χ1) is 13.4. The summed E-state index contributed by atoms with van der Waals surface area (Å²) in [6.45, 7) is 2.22. The number of hydrogen-bond donors (Lipinski definition) is 1. The Morgan fingerprint density at radius 2 is 1.68 bits per heavy atom. The van der Waals surface area contributed by atoms with Crippen LogP contribution in [0, 0.1) is 0 Å². The summed E-state index contributed by atoms with van der Waals surface area (Å²) in [6, 6.07) is 9.98. The fourth-order valence-electron chi connectivity index (χ4n) is 3.57. The number of amides is 1. The maximum Gasteiger partial charge on any atom is 0.264 e. The number of benzene rings is 2. The Morgan fingerprint density at radius 1 is 1.07 bits per heavy atom. The lowest BCUT2D eigenvalue weighted by atomic mass is 9.88. The standard InChI is InChI=1S/C21H23NO6/c1-5-22-15-9-7-6-8-14(15)21(25,20(22)24)12-16(23)13-10-17(26-2)19(28-4)18(11-13)27-3/h6-11,25H,5,12H2,1-4H3. The number of carbonyl (C=O) groups excluding carboxylic acids is 2. The molecule has 1 amide bonds. The minimum absolute atomic E-state index is 0.253. The van der Waals surface area contributed by atoms with E-state index in [-0.39, 0.29) is 5.56 Å². The first-order valence-electron chi connectivity index (χ1n) is 8.88. The summed E-state index contributed by atoms with van der Waals surface area (Å²) >= 11 is 0. The Labute approximate surface area is 163 Å². The molecule has 0 aromatic heterocycles. The fraction of sp³-hybridized carbons (Fsp3) is 0.333. The SMILES string of the molecule is CCN1C(=O)C(O)(CC(=O)c2cc(OC)c(OC)c(OC)c2)c2ccccc21. The molecule has 1 atom stereocenters. The number of hydrogen-bond acceptors (Lipinski definition) is 6. The molecule has 0 spiro atoms. The molecule has 2 aromatic rings. The number of anilines is 1. The van der Waals surface area contributed by atoms with E-state index < -0.39 is 23.7 Å². The molecule has 7 nitrogen and oxygen atoms in total. The maximum absolute atomic E-state index is 13.0. The Hall–Kier alpha value is -3.06. The second kappa shape index (κ2) is 7.52. The van der Waals surface area contributed by atoms with Gasteiger partial charge in [0.05, 0.1) is 33.4 Å². The Balaban J connectivity index is 2.00. The molecule has 3 rings (SSSR count). The van der Waals surface area contributed by atoms with Crippen molar-refractivity contribution in [2.75, 3.05) is 32.8 Å². The fourth-order valence-corrected chi connectivity index (χ4v) is 3.57. The quantitative estimate of drug-likeness (QED) is 0.738. The highest BCUT2D eigenvalue weighted by Gasteiger charge is 2.50. The van der Waals surface area contributed by atoms with E-state index in [4.69, 9.17) is 14.2 Å². The zero-order valence-electron chi connectivity index (χ0n) is 16.3. The predicted molar refractivity (Wildman–Crippen MR) is 103 cm³/mol. The molecule has 2 aromatic carbocycles. The van der Waals surface area contributed by atoms with E-state index in [1.165, 1.54) is 38.4 Å². The van der Waals surface area contributed by atoms with Crippen molar-refractivity contribution in [1.82, 2.24) is 0 Å². The smallest absolute Gasteiger partial charge is 0.264 e. The minimum Gasteiger partial charge on any atom is -0.493 e. The average molecular weight is 385 g/mol. The maximum atomic E-state index is 13.0. The van der Waals surface area contributed by atoms with Gasteiger partial charge in [-0.05, 0) is 25.1 Å². The molecule has 1 N–H and O–H groups in total. The van der Waals surface area contributed by atoms with Gasteiger partial charge in [-0.3, -0.25) is 9.59 Å². The third-order valence-electron chi connectivity index (χ3n) is 4.96. The van der Waals surface area contributed by atoms with E-state index in [2.05, 4.69) is 0 Å². The Morgan fingerprint density at radius 3 is 2.21 bits per heavy atom. The van der Waals surface area contributed by atoms with Crippen LogP contribution in [0.3, 0.4) is 0 Å². The van der Waals surface area contributed by atoms with Crippen molar-refractivity contribution >= 4 is 17.4 Å².